The molecular formula is C9H10F2O3. The fraction of sp³-hybridized carbons (Fsp3) is 0.333. The minimum Gasteiger partial charge on any atom is -0.504 e. The van der Waals surface area contributed by atoms with Crippen LogP contribution in [0.3, 0.4) is 0 Å². The highest BCUT2D eigenvalue weighted by atomic mass is 19.3. The van der Waals surface area contributed by atoms with Crippen LogP contribution in [0.4, 0.5) is 8.78 Å². The third-order valence-corrected chi connectivity index (χ3v) is 1.80. The average Bonchev–Trinajstić information content (AvgIpc) is 2.18. The lowest BCUT2D eigenvalue weighted by atomic mass is 10.1. The van der Waals surface area contributed by atoms with E-state index in [2.05, 4.69) is 4.74 Å². The Hall–Kier alpha value is -1.36. The largest absolute Gasteiger partial charge is 0.504 e. The summed E-state index contributed by atoms with van der Waals surface area (Å²) >= 11 is 0. The number of halogens is 2. The van der Waals surface area contributed by atoms with Crippen LogP contribution in [0, 0.1) is 0 Å². The van der Waals surface area contributed by atoms with Crippen LogP contribution < -0.4 is 4.74 Å². The first kappa shape index (κ1) is 10.7. The van der Waals surface area contributed by atoms with Crippen LogP contribution in [0.1, 0.15) is 5.56 Å². The Morgan fingerprint density at radius 3 is 2.57 bits per heavy atom. The molecule has 0 unspecified atom stereocenters. The third kappa shape index (κ3) is 1.93. The predicted octanol–water partition coefficient (Wildman–Crippen LogP) is 1.48. The molecule has 0 aliphatic heterocycles. The Morgan fingerprint density at radius 2 is 2.07 bits per heavy atom. The van der Waals surface area contributed by atoms with Crippen LogP contribution in [0.15, 0.2) is 18.2 Å². The quantitative estimate of drug-likeness (QED) is 0.784. The van der Waals surface area contributed by atoms with E-state index in [9.17, 15) is 8.78 Å². The number of phenols is 1. The van der Waals surface area contributed by atoms with Crippen LogP contribution in [0.25, 0.3) is 0 Å². The first-order chi connectivity index (χ1) is 6.51. The molecule has 0 aromatic heterocycles. The molecule has 3 nitrogen and oxygen atoms in total. The SMILES string of the molecule is COc1cc(C(F)(F)CO)ccc1O. The van der Waals surface area contributed by atoms with Crippen molar-refractivity contribution in [2.45, 2.75) is 5.92 Å². The second-order valence-electron chi connectivity index (χ2n) is 2.75. The Bertz CT molecular complexity index is 326. The summed E-state index contributed by atoms with van der Waals surface area (Å²) in [6.07, 6.45) is 0. The number of rotatable bonds is 3. The number of aliphatic hydroxyl groups excluding tert-OH is 1. The monoisotopic (exact) mass is 204 g/mol. The van der Waals surface area contributed by atoms with Gasteiger partial charge in [0.2, 0.25) is 0 Å². The Morgan fingerprint density at radius 1 is 1.43 bits per heavy atom. The summed E-state index contributed by atoms with van der Waals surface area (Å²) in [5.41, 5.74) is -0.394. The van der Waals surface area contributed by atoms with Gasteiger partial charge in [-0.15, -0.1) is 0 Å². The summed E-state index contributed by atoms with van der Waals surface area (Å²) < 4.78 is 30.6. The van der Waals surface area contributed by atoms with Gasteiger partial charge in [-0.2, -0.15) is 8.78 Å². The smallest absolute Gasteiger partial charge is 0.295 e. The minimum atomic E-state index is -3.32. The summed E-state index contributed by atoms with van der Waals surface area (Å²) in [7, 11) is 1.26. The van der Waals surface area contributed by atoms with Gasteiger partial charge in [0, 0.05) is 5.56 Å². The minimum absolute atomic E-state index is 0.0457. The highest BCUT2D eigenvalue weighted by Gasteiger charge is 2.31. The van der Waals surface area contributed by atoms with Crippen LogP contribution in [-0.2, 0) is 5.92 Å². The molecule has 0 aliphatic rings. The summed E-state index contributed by atoms with van der Waals surface area (Å²) in [5.74, 6) is -3.58. The number of methoxy groups -OCH3 is 1. The maximum Gasteiger partial charge on any atom is 0.295 e. The van der Waals surface area contributed by atoms with Crippen LogP contribution >= 0.6 is 0 Å². The molecule has 0 aliphatic carbocycles. The molecule has 0 spiro atoms. The molecule has 5 heteroatoms. The second kappa shape index (κ2) is 3.79. The maximum atomic E-state index is 12.9. The van der Waals surface area contributed by atoms with Gasteiger partial charge in [0.1, 0.15) is 6.61 Å². The van der Waals surface area contributed by atoms with Crippen molar-refractivity contribution in [3.63, 3.8) is 0 Å². The highest BCUT2D eigenvalue weighted by Crippen LogP contribution is 2.34. The molecule has 1 aromatic rings. The Balaban J connectivity index is 3.12. The number of aliphatic hydroxyl groups is 1. The molecule has 0 amide bonds. The van der Waals surface area contributed by atoms with Gasteiger partial charge in [-0.1, -0.05) is 0 Å². The fourth-order valence-electron chi connectivity index (χ4n) is 0.996. The average molecular weight is 204 g/mol. The van der Waals surface area contributed by atoms with Crippen molar-refractivity contribution in [1.82, 2.24) is 0 Å². The van der Waals surface area contributed by atoms with Gasteiger partial charge in [-0.3, -0.25) is 0 Å². The Kier molecular flexibility index (Phi) is 2.90. The number of alkyl halides is 2. The normalized spacial score (nSPS) is 11.4. The zero-order valence-electron chi connectivity index (χ0n) is 7.50. The number of benzene rings is 1. The predicted molar refractivity (Wildman–Crippen MR) is 45.6 cm³/mol. The zero-order chi connectivity index (χ0) is 10.8. The van der Waals surface area contributed by atoms with Gasteiger partial charge in [-0.05, 0) is 18.2 Å². The van der Waals surface area contributed by atoms with Crippen molar-refractivity contribution in [2.24, 2.45) is 0 Å². The summed E-state index contributed by atoms with van der Waals surface area (Å²) in [6.45, 7) is -1.28. The molecule has 0 saturated heterocycles. The van der Waals surface area contributed by atoms with E-state index < -0.39 is 18.1 Å². The van der Waals surface area contributed by atoms with E-state index in [1.807, 2.05) is 0 Å². The van der Waals surface area contributed by atoms with Gasteiger partial charge in [0.05, 0.1) is 7.11 Å². The van der Waals surface area contributed by atoms with E-state index in [0.717, 1.165) is 18.2 Å². The molecule has 0 saturated carbocycles. The van der Waals surface area contributed by atoms with E-state index in [1.54, 1.807) is 0 Å². The molecule has 14 heavy (non-hydrogen) atoms. The van der Waals surface area contributed by atoms with E-state index in [-0.39, 0.29) is 11.5 Å². The first-order valence-corrected chi connectivity index (χ1v) is 3.87. The second-order valence-corrected chi connectivity index (χ2v) is 2.75. The number of ether oxygens (including phenoxy) is 1. The molecule has 0 radical (unpaired) electrons. The van der Waals surface area contributed by atoms with E-state index in [0.29, 0.717) is 0 Å². The third-order valence-electron chi connectivity index (χ3n) is 1.80. The summed E-state index contributed by atoms with van der Waals surface area (Å²) in [5, 5.41) is 17.6. The van der Waals surface area contributed by atoms with Crippen molar-refractivity contribution in [3.8, 4) is 11.5 Å². The summed E-state index contributed by atoms with van der Waals surface area (Å²) in [6, 6.07) is 3.12. The molecule has 0 atom stereocenters. The van der Waals surface area contributed by atoms with Gasteiger partial charge < -0.3 is 14.9 Å². The molecule has 0 bridgehead atoms. The van der Waals surface area contributed by atoms with Gasteiger partial charge in [0.25, 0.3) is 5.92 Å². The van der Waals surface area contributed by atoms with Gasteiger partial charge in [-0.25, -0.2) is 0 Å². The highest BCUT2D eigenvalue weighted by molar-refractivity contribution is 5.43. The van der Waals surface area contributed by atoms with Crippen LogP contribution in [0.2, 0.25) is 0 Å². The maximum absolute atomic E-state index is 12.9. The van der Waals surface area contributed by atoms with Crippen molar-refractivity contribution in [1.29, 1.82) is 0 Å². The number of aromatic hydroxyl groups is 1. The van der Waals surface area contributed by atoms with Crippen molar-refractivity contribution < 1.29 is 23.7 Å². The zero-order valence-corrected chi connectivity index (χ0v) is 7.50. The van der Waals surface area contributed by atoms with E-state index in [1.165, 1.54) is 7.11 Å². The standard InChI is InChI=1S/C9H10F2O3/c1-14-8-4-6(2-3-7(8)13)9(10,11)5-12/h2-4,12-13H,5H2,1H3. The summed E-state index contributed by atoms with van der Waals surface area (Å²) in [4.78, 5) is 0. The van der Waals surface area contributed by atoms with Crippen LogP contribution in [0.5, 0.6) is 11.5 Å². The fourth-order valence-corrected chi connectivity index (χ4v) is 0.996. The van der Waals surface area contributed by atoms with Crippen LogP contribution in [-0.4, -0.2) is 23.9 Å². The molecular weight excluding hydrogens is 194 g/mol. The topological polar surface area (TPSA) is 49.7 Å². The Labute approximate surface area is 79.6 Å². The van der Waals surface area contributed by atoms with Gasteiger partial charge >= 0.3 is 0 Å². The number of hydrogen-bond acceptors (Lipinski definition) is 3. The first-order valence-electron chi connectivity index (χ1n) is 3.87. The van der Waals surface area contributed by atoms with Crippen molar-refractivity contribution >= 4 is 0 Å². The van der Waals surface area contributed by atoms with E-state index >= 15 is 0 Å². The van der Waals surface area contributed by atoms with Gasteiger partial charge in [0.15, 0.2) is 11.5 Å². The molecule has 2 N–H and O–H groups in total. The molecule has 1 aromatic carbocycles. The van der Waals surface area contributed by atoms with E-state index in [4.69, 9.17) is 10.2 Å². The lowest BCUT2D eigenvalue weighted by molar-refractivity contribution is -0.0557. The lowest BCUT2D eigenvalue weighted by Crippen LogP contribution is -2.18. The molecule has 78 valence electrons. The number of phenolic OH excluding ortho intramolecular Hbond substituents is 1. The molecule has 1 rings (SSSR count). The van der Waals surface area contributed by atoms with Crippen molar-refractivity contribution in [2.75, 3.05) is 13.7 Å². The lowest BCUT2D eigenvalue weighted by Gasteiger charge is -2.14. The number of hydrogen-bond donors (Lipinski definition) is 2. The molecule has 0 fully saturated rings. The molecule has 0 heterocycles. The van der Waals surface area contributed by atoms with Crippen molar-refractivity contribution in [3.05, 3.63) is 23.8 Å².